The number of benzene rings is 1. The standard InChI is InChI=1S/C14H19BrN2O2/c1-10(2)16-14(18)17-8-7-13(9-17)19-12-5-3-11(15)4-6-12/h3-6,10,13H,7-9H2,1-2H3,(H,16,18). The van der Waals surface area contributed by atoms with Gasteiger partial charge in [0.05, 0.1) is 6.54 Å². The van der Waals surface area contributed by atoms with E-state index in [1.807, 2.05) is 43.0 Å². The number of nitrogens with zero attached hydrogens (tertiary/aromatic N) is 1. The van der Waals surface area contributed by atoms with Gasteiger partial charge in [-0.2, -0.15) is 0 Å². The first-order valence-corrected chi connectivity index (χ1v) is 7.31. The lowest BCUT2D eigenvalue weighted by Gasteiger charge is -2.19. The molecule has 5 heteroatoms. The number of rotatable bonds is 3. The van der Waals surface area contributed by atoms with Gasteiger partial charge in [0.25, 0.3) is 0 Å². The zero-order valence-electron chi connectivity index (χ0n) is 11.2. The SMILES string of the molecule is CC(C)NC(=O)N1CCC(Oc2ccc(Br)cc2)C1. The minimum atomic E-state index is -0.00286. The normalized spacial score (nSPS) is 18.7. The highest BCUT2D eigenvalue weighted by molar-refractivity contribution is 9.10. The molecule has 1 fully saturated rings. The maximum Gasteiger partial charge on any atom is 0.317 e. The van der Waals surface area contributed by atoms with E-state index >= 15 is 0 Å². The predicted molar refractivity (Wildman–Crippen MR) is 78.4 cm³/mol. The van der Waals surface area contributed by atoms with Gasteiger partial charge in [-0.15, -0.1) is 0 Å². The van der Waals surface area contributed by atoms with Crippen molar-refractivity contribution in [3.63, 3.8) is 0 Å². The molecule has 4 nitrogen and oxygen atoms in total. The maximum atomic E-state index is 11.9. The van der Waals surface area contributed by atoms with E-state index < -0.39 is 0 Å². The number of amides is 2. The van der Waals surface area contributed by atoms with Crippen molar-refractivity contribution in [2.24, 2.45) is 0 Å². The number of nitrogens with one attached hydrogen (secondary N) is 1. The van der Waals surface area contributed by atoms with E-state index in [2.05, 4.69) is 21.2 Å². The molecule has 19 heavy (non-hydrogen) atoms. The molecule has 1 heterocycles. The van der Waals surface area contributed by atoms with Gasteiger partial charge in [-0.05, 0) is 38.1 Å². The Kier molecular flexibility index (Phi) is 4.69. The van der Waals surface area contributed by atoms with E-state index in [1.54, 1.807) is 0 Å². The highest BCUT2D eigenvalue weighted by Crippen LogP contribution is 2.20. The summed E-state index contributed by atoms with van der Waals surface area (Å²) in [5.74, 6) is 0.847. The van der Waals surface area contributed by atoms with E-state index in [4.69, 9.17) is 4.74 Å². The molecule has 1 aliphatic heterocycles. The van der Waals surface area contributed by atoms with Gasteiger partial charge in [-0.3, -0.25) is 0 Å². The molecule has 1 N–H and O–H groups in total. The molecule has 0 aliphatic carbocycles. The first-order chi connectivity index (χ1) is 9.04. The smallest absolute Gasteiger partial charge is 0.317 e. The third-order valence-electron chi connectivity index (χ3n) is 2.96. The minimum absolute atomic E-state index is 0.00286. The number of carbonyl (C=O) groups is 1. The molecule has 1 unspecified atom stereocenters. The van der Waals surface area contributed by atoms with Gasteiger partial charge in [-0.1, -0.05) is 15.9 Å². The zero-order valence-corrected chi connectivity index (χ0v) is 12.8. The molecule has 0 radical (unpaired) electrons. The van der Waals surface area contributed by atoms with Crippen molar-refractivity contribution < 1.29 is 9.53 Å². The second-order valence-corrected chi connectivity index (χ2v) is 5.95. The van der Waals surface area contributed by atoms with Crippen LogP contribution in [0.1, 0.15) is 20.3 Å². The fourth-order valence-corrected chi connectivity index (χ4v) is 2.32. The molecule has 2 rings (SSSR count). The topological polar surface area (TPSA) is 41.6 Å². The van der Waals surface area contributed by atoms with Gasteiger partial charge in [0, 0.05) is 23.5 Å². The maximum absolute atomic E-state index is 11.9. The van der Waals surface area contributed by atoms with Crippen LogP contribution in [0.25, 0.3) is 0 Å². The first-order valence-electron chi connectivity index (χ1n) is 6.52. The largest absolute Gasteiger partial charge is 0.489 e. The second kappa shape index (κ2) is 6.28. The number of ether oxygens (including phenoxy) is 1. The molecule has 1 aliphatic rings. The van der Waals surface area contributed by atoms with Crippen molar-refractivity contribution in [2.45, 2.75) is 32.4 Å². The predicted octanol–water partition coefficient (Wildman–Crippen LogP) is 3.02. The van der Waals surface area contributed by atoms with Crippen LogP contribution in [0.5, 0.6) is 5.75 Å². The Morgan fingerprint density at radius 3 is 2.74 bits per heavy atom. The van der Waals surface area contributed by atoms with Crippen LogP contribution < -0.4 is 10.1 Å². The Morgan fingerprint density at radius 1 is 1.42 bits per heavy atom. The molecule has 104 valence electrons. The lowest BCUT2D eigenvalue weighted by molar-refractivity contribution is 0.185. The van der Waals surface area contributed by atoms with Crippen molar-refractivity contribution in [2.75, 3.05) is 13.1 Å². The van der Waals surface area contributed by atoms with Crippen LogP contribution >= 0.6 is 15.9 Å². The Hall–Kier alpha value is -1.23. The summed E-state index contributed by atoms with van der Waals surface area (Å²) in [5.41, 5.74) is 0. The van der Waals surface area contributed by atoms with Gasteiger partial charge >= 0.3 is 6.03 Å². The van der Waals surface area contributed by atoms with Crippen LogP contribution in [-0.4, -0.2) is 36.2 Å². The Labute approximate surface area is 122 Å². The molecular formula is C14H19BrN2O2. The molecule has 2 amide bonds. The Morgan fingerprint density at radius 2 is 2.11 bits per heavy atom. The number of likely N-dealkylation sites (tertiary alicyclic amines) is 1. The number of hydrogen-bond acceptors (Lipinski definition) is 2. The first kappa shape index (κ1) is 14.2. The number of halogens is 1. The molecule has 0 bridgehead atoms. The lowest BCUT2D eigenvalue weighted by Crippen LogP contribution is -2.42. The fourth-order valence-electron chi connectivity index (χ4n) is 2.05. The third-order valence-corrected chi connectivity index (χ3v) is 3.49. The van der Waals surface area contributed by atoms with Crippen LogP contribution in [0.15, 0.2) is 28.7 Å². The summed E-state index contributed by atoms with van der Waals surface area (Å²) < 4.78 is 6.90. The van der Waals surface area contributed by atoms with Gasteiger partial charge in [0.2, 0.25) is 0 Å². The monoisotopic (exact) mass is 326 g/mol. The van der Waals surface area contributed by atoms with Gasteiger partial charge in [0.15, 0.2) is 0 Å². The summed E-state index contributed by atoms with van der Waals surface area (Å²) in [4.78, 5) is 13.7. The van der Waals surface area contributed by atoms with Crippen LogP contribution in [0.4, 0.5) is 4.79 Å². The van der Waals surface area contributed by atoms with Gasteiger partial charge in [0.1, 0.15) is 11.9 Å². The lowest BCUT2D eigenvalue weighted by atomic mass is 10.3. The van der Waals surface area contributed by atoms with Crippen molar-refractivity contribution >= 4 is 22.0 Å². The second-order valence-electron chi connectivity index (χ2n) is 5.03. The highest BCUT2D eigenvalue weighted by atomic mass is 79.9. The van der Waals surface area contributed by atoms with E-state index in [0.29, 0.717) is 6.54 Å². The van der Waals surface area contributed by atoms with E-state index in [1.165, 1.54) is 0 Å². The summed E-state index contributed by atoms with van der Waals surface area (Å²) in [7, 11) is 0. The molecule has 0 saturated carbocycles. The molecule has 1 saturated heterocycles. The number of urea groups is 1. The summed E-state index contributed by atoms with van der Waals surface area (Å²) in [5, 5.41) is 2.90. The third kappa shape index (κ3) is 4.13. The van der Waals surface area contributed by atoms with E-state index in [-0.39, 0.29) is 18.2 Å². The van der Waals surface area contributed by atoms with Gasteiger partial charge < -0.3 is 15.0 Å². The fraction of sp³-hybridized carbons (Fsp3) is 0.500. The van der Waals surface area contributed by atoms with Gasteiger partial charge in [-0.25, -0.2) is 4.79 Å². The Balaban J connectivity index is 1.85. The minimum Gasteiger partial charge on any atom is -0.489 e. The van der Waals surface area contributed by atoms with Crippen molar-refractivity contribution in [1.82, 2.24) is 10.2 Å². The summed E-state index contributed by atoms with van der Waals surface area (Å²) in [6.45, 7) is 5.32. The summed E-state index contributed by atoms with van der Waals surface area (Å²) in [6, 6.07) is 7.93. The van der Waals surface area contributed by atoms with E-state index in [9.17, 15) is 4.79 Å². The van der Waals surface area contributed by atoms with Crippen LogP contribution in [0.3, 0.4) is 0 Å². The quantitative estimate of drug-likeness (QED) is 0.927. The van der Waals surface area contributed by atoms with Crippen LogP contribution in [0.2, 0.25) is 0 Å². The van der Waals surface area contributed by atoms with Crippen molar-refractivity contribution in [3.05, 3.63) is 28.7 Å². The summed E-state index contributed by atoms with van der Waals surface area (Å²) >= 11 is 3.39. The zero-order chi connectivity index (χ0) is 13.8. The highest BCUT2D eigenvalue weighted by Gasteiger charge is 2.27. The summed E-state index contributed by atoms with van der Waals surface area (Å²) in [6.07, 6.45) is 0.959. The molecule has 0 spiro atoms. The average Bonchev–Trinajstić information content (AvgIpc) is 2.80. The molecular weight excluding hydrogens is 308 g/mol. The van der Waals surface area contributed by atoms with E-state index in [0.717, 1.165) is 23.2 Å². The number of hydrogen-bond donors (Lipinski definition) is 1. The molecule has 1 aromatic rings. The molecule has 0 aromatic heterocycles. The average molecular weight is 327 g/mol. The van der Waals surface area contributed by atoms with Crippen molar-refractivity contribution in [1.29, 1.82) is 0 Å². The van der Waals surface area contributed by atoms with Crippen LogP contribution in [0, 0.1) is 0 Å². The Bertz CT molecular complexity index is 434. The molecule has 1 atom stereocenters. The van der Waals surface area contributed by atoms with Crippen LogP contribution in [-0.2, 0) is 0 Å². The number of carbonyl (C=O) groups excluding carboxylic acids is 1. The molecule has 1 aromatic carbocycles. The van der Waals surface area contributed by atoms with Crippen molar-refractivity contribution in [3.8, 4) is 5.75 Å².